The summed E-state index contributed by atoms with van der Waals surface area (Å²) in [4.78, 5) is 28.4. The van der Waals surface area contributed by atoms with E-state index in [2.05, 4.69) is 10.3 Å². The van der Waals surface area contributed by atoms with E-state index in [-0.39, 0.29) is 24.1 Å². The molecule has 0 aliphatic carbocycles. The summed E-state index contributed by atoms with van der Waals surface area (Å²) < 4.78 is 0. The highest BCUT2D eigenvalue weighted by atomic mass is 32.1. The summed E-state index contributed by atoms with van der Waals surface area (Å²) in [6.07, 6.45) is 0. The molecule has 0 bridgehead atoms. The molecule has 0 aromatic carbocycles. The number of hydrogen-bond acceptors (Lipinski definition) is 5. The van der Waals surface area contributed by atoms with Crippen LogP contribution >= 0.6 is 11.3 Å². The van der Waals surface area contributed by atoms with Gasteiger partial charge in [0.05, 0.1) is 12.1 Å². The molecule has 0 spiro atoms. The van der Waals surface area contributed by atoms with Crippen molar-refractivity contribution in [1.29, 1.82) is 0 Å². The Morgan fingerprint density at radius 3 is 2.67 bits per heavy atom. The Hall–Kier alpha value is -1.47. The van der Waals surface area contributed by atoms with E-state index < -0.39 is 5.54 Å². The highest BCUT2D eigenvalue weighted by Crippen LogP contribution is 2.19. The average Bonchev–Trinajstić information content (AvgIpc) is 2.74. The predicted octanol–water partition coefficient (Wildman–Crippen LogP) is 0.944. The SMILES string of the molecule is CC(=O)Nc1nc(C(=O)N(C)C(C)(C)CO)cs1. The number of nitrogens with one attached hydrogen (secondary N) is 1. The van der Waals surface area contributed by atoms with Crippen molar-refractivity contribution in [2.45, 2.75) is 26.3 Å². The summed E-state index contributed by atoms with van der Waals surface area (Å²) in [6.45, 7) is 4.75. The van der Waals surface area contributed by atoms with Gasteiger partial charge in [0.1, 0.15) is 5.69 Å². The molecule has 0 aliphatic heterocycles. The number of carbonyl (C=O) groups excluding carboxylic acids is 2. The van der Waals surface area contributed by atoms with Gasteiger partial charge in [0.15, 0.2) is 5.13 Å². The maximum Gasteiger partial charge on any atom is 0.273 e. The van der Waals surface area contributed by atoms with Crippen molar-refractivity contribution in [3.63, 3.8) is 0 Å². The molecule has 6 nitrogen and oxygen atoms in total. The lowest BCUT2D eigenvalue weighted by atomic mass is 10.1. The average molecular weight is 271 g/mol. The van der Waals surface area contributed by atoms with Gasteiger partial charge in [0.25, 0.3) is 5.91 Å². The third-order valence-corrected chi connectivity index (χ3v) is 3.36. The molecule has 1 aromatic rings. The van der Waals surface area contributed by atoms with E-state index in [9.17, 15) is 14.7 Å². The predicted molar refractivity (Wildman–Crippen MR) is 69.7 cm³/mol. The van der Waals surface area contributed by atoms with E-state index in [1.165, 1.54) is 23.2 Å². The molecule has 100 valence electrons. The molecule has 0 fully saturated rings. The molecular formula is C11H17N3O3S. The standard InChI is InChI=1S/C11H17N3O3S/c1-7(16)12-10-13-8(5-18-10)9(17)14(4)11(2,3)6-15/h5,15H,6H2,1-4H3,(H,12,13,16). The Bertz CT molecular complexity index is 456. The van der Waals surface area contributed by atoms with Gasteiger partial charge in [-0.1, -0.05) is 0 Å². The van der Waals surface area contributed by atoms with Gasteiger partial charge >= 0.3 is 0 Å². The second-order valence-electron chi connectivity index (χ2n) is 4.55. The lowest BCUT2D eigenvalue weighted by Crippen LogP contribution is -2.47. The lowest BCUT2D eigenvalue weighted by molar-refractivity contribution is -0.114. The van der Waals surface area contributed by atoms with Crippen LogP contribution in [0.4, 0.5) is 5.13 Å². The molecule has 7 heteroatoms. The van der Waals surface area contributed by atoms with E-state index in [1.807, 2.05) is 0 Å². The van der Waals surface area contributed by atoms with Crippen molar-refractivity contribution in [2.24, 2.45) is 0 Å². The van der Waals surface area contributed by atoms with Gasteiger partial charge in [-0.2, -0.15) is 0 Å². The summed E-state index contributed by atoms with van der Waals surface area (Å²) in [5.41, 5.74) is -0.401. The second-order valence-corrected chi connectivity index (χ2v) is 5.41. The van der Waals surface area contributed by atoms with Crippen LogP contribution in [-0.4, -0.2) is 46.0 Å². The van der Waals surface area contributed by atoms with Crippen molar-refractivity contribution in [1.82, 2.24) is 9.88 Å². The van der Waals surface area contributed by atoms with Gasteiger partial charge in [-0.25, -0.2) is 4.98 Å². The fourth-order valence-corrected chi connectivity index (χ4v) is 1.86. The normalized spacial score (nSPS) is 11.2. The van der Waals surface area contributed by atoms with Crippen LogP contribution in [0.15, 0.2) is 5.38 Å². The lowest BCUT2D eigenvalue weighted by Gasteiger charge is -2.33. The van der Waals surface area contributed by atoms with Crippen LogP contribution < -0.4 is 5.32 Å². The van der Waals surface area contributed by atoms with Gasteiger partial charge < -0.3 is 15.3 Å². The first-order chi connectivity index (χ1) is 8.27. The molecule has 0 radical (unpaired) electrons. The maximum atomic E-state index is 12.1. The van der Waals surface area contributed by atoms with Crippen LogP contribution in [0.5, 0.6) is 0 Å². The van der Waals surface area contributed by atoms with Crippen molar-refractivity contribution in [2.75, 3.05) is 19.0 Å². The first kappa shape index (κ1) is 14.6. The van der Waals surface area contributed by atoms with Crippen molar-refractivity contribution in [3.8, 4) is 0 Å². The zero-order valence-corrected chi connectivity index (χ0v) is 11.7. The van der Waals surface area contributed by atoms with Crippen LogP contribution in [0.25, 0.3) is 0 Å². The number of thiazole rings is 1. The quantitative estimate of drug-likeness (QED) is 0.854. The molecule has 2 amide bonds. The maximum absolute atomic E-state index is 12.1. The Morgan fingerprint density at radius 2 is 2.17 bits per heavy atom. The zero-order chi connectivity index (χ0) is 13.9. The van der Waals surface area contributed by atoms with Crippen LogP contribution in [0.1, 0.15) is 31.3 Å². The number of likely N-dealkylation sites (N-methyl/N-ethyl adjacent to an activating group) is 1. The number of carbonyl (C=O) groups is 2. The summed E-state index contributed by atoms with van der Waals surface area (Å²) in [6, 6.07) is 0. The molecule has 1 aromatic heterocycles. The van der Waals surface area contributed by atoms with E-state index in [1.54, 1.807) is 26.3 Å². The number of rotatable bonds is 4. The highest BCUT2D eigenvalue weighted by molar-refractivity contribution is 7.14. The Balaban J connectivity index is 2.84. The fraction of sp³-hybridized carbons (Fsp3) is 0.545. The van der Waals surface area contributed by atoms with E-state index >= 15 is 0 Å². The van der Waals surface area contributed by atoms with E-state index in [4.69, 9.17) is 0 Å². The molecule has 1 rings (SSSR count). The highest BCUT2D eigenvalue weighted by Gasteiger charge is 2.28. The molecule has 0 saturated heterocycles. The smallest absolute Gasteiger partial charge is 0.273 e. The van der Waals surface area contributed by atoms with Crippen molar-refractivity contribution < 1.29 is 14.7 Å². The Kier molecular flexibility index (Phi) is 4.42. The van der Waals surface area contributed by atoms with Crippen molar-refractivity contribution in [3.05, 3.63) is 11.1 Å². The van der Waals surface area contributed by atoms with E-state index in [0.717, 1.165) is 0 Å². The third-order valence-electron chi connectivity index (χ3n) is 2.61. The Labute approximate surface area is 110 Å². The number of aliphatic hydroxyl groups is 1. The zero-order valence-electron chi connectivity index (χ0n) is 10.9. The number of hydrogen-bond donors (Lipinski definition) is 2. The Morgan fingerprint density at radius 1 is 1.56 bits per heavy atom. The number of aromatic nitrogens is 1. The third kappa shape index (κ3) is 3.27. The van der Waals surface area contributed by atoms with Gasteiger partial charge in [-0.05, 0) is 13.8 Å². The van der Waals surface area contributed by atoms with Gasteiger partial charge in [-0.15, -0.1) is 11.3 Å². The molecule has 0 atom stereocenters. The number of nitrogens with zero attached hydrogens (tertiary/aromatic N) is 2. The van der Waals surface area contributed by atoms with Crippen LogP contribution in [0.2, 0.25) is 0 Å². The topological polar surface area (TPSA) is 82.5 Å². The van der Waals surface area contributed by atoms with Crippen LogP contribution in [0, 0.1) is 0 Å². The molecule has 1 heterocycles. The minimum Gasteiger partial charge on any atom is -0.394 e. The monoisotopic (exact) mass is 271 g/mol. The summed E-state index contributed by atoms with van der Waals surface area (Å²) in [7, 11) is 1.61. The number of aliphatic hydroxyl groups excluding tert-OH is 1. The number of anilines is 1. The second kappa shape index (κ2) is 5.45. The van der Waals surface area contributed by atoms with Gasteiger partial charge in [-0.3, -0.25) is 9.59 Å². The van der Waals surface area contributed by atoms with Crippen LogP contribution in [0.3, 0.4) is 0 Å². The molecule has 0 aliphatic rings. The summed E-state index contributed by atoms with van der Waals surface area (Å²) >= 11 is 1.19. The largest absolute Gasteiger partial charge is 0.394 e. The molecule has 2 N–H and O–H groups in total. The van der Waals surface area contributed by atoms with Gasteiger partial charge in [0, 0.05) is 19.4 Å². The minimum absolute atomic E-state index is 0.141. The molecule has 0 unspecified atom stereocenters. The fourth-order valence-electron chi connectivity index (χ4n) is 1.13. The van der Waals surface area contributed by atoms with Crippen molar-refractivity contribution >= 4 is 28.3 Å². The minimum atomic E-state index is -0.658. The molecule has 18 heavy (non-hydrogen) atoms. The summed E-state index contributed by atoms with van der Waals surface area (Å²) in [5.74, 6) is -0.519. The van der Waals surface area contributed by atoms with Crippen LogP contribution in [-0.2, 0) is 4.79 Å². The summed E-state index contributed by atoms with van der Waals surface area (Å²) in [5, 5.41) is 13.7. The molecule has 0 saturated carbocycles. The molecular weight excluding hydrogens is 254 g/mol. The first-order valence-corrected chi connectivity index (χ1v) is 6.28. The van der Waals surface area contributed by atoms with Gasteiger partial charge in [0.2, 0.25) is 5.91 Å². The van der Waals surface area contributed by atoms with E-state index in [0.29, 0.717) is 5.13 Å². The number of amides is 2. The first-order valence-electron chi connectivity index (χ1n) is 5.40.